The molecular weight excluding hydrogens is 382 g/mol. The van der Waals surface area contributed by atoms with Crippen molar-refractivity contribution in [1.82, 2.24) is 0 Å². The number of benzene rings is 1. The number of hydrogen-bond acceptors (Lipinski definition) is 0. The molecule has 0 saturated heterocycles. The Morgan fingerprint density at radius 2 is 1.71 bits per heavy atom. The van der Waals surface area contributed by atoms with Gasteiger partial charge in [0.15, 0.2) is 0 Å². The van der Waals surface area contributed by atoms with Crippen LogP contribution in [-0.2, 0) is 22.9 Å². The first-order valence-electron chi connectivity index (χ1n) is 4.13. The van der Waals surface area contributed by atoms with Crippen LogP contribution in [0.3, 0.4) is 0 Å². The Morgan fingerprint density at radius 3 is 2.29 bits per heavy atom. The molecule has 1 aliphatic carbocycles. The van der Waals surface area contributed by atoms with Gasteiger partial charge >= 0.3 is 84.5 Å². The van der Waals surface area contributed by atoms with Crippen molar-refractivity contribution in [2.24, 2.45) is 0 Å². The monoisotopic (exact) mass is 392 g/mol. The summed E-state index contributed by atoms with van der Waals surface area (Å²) in [4.78, 5) is 0. The van der Waals surface area contributed by atoms with Gasteiger partial charge in [-0.3, -0.25) is 0 Å². The molecule has 1 aliphatic rings. The average Bonchev–Trinajstić information content (AvgIpc) is 2.59. The molecule has 0 unspecified atom stereocenters. The van der Waals surface area contributed by atoms with Crippen molar-refractivity contribution in [3.8, 4) is 0 Å². The third-order valence-electron chi connectivity index (χ3n) is 1.85. The van der Waals surface area contributed by atoms with E-state index in [-0.39, 0.29) is 24.8 Å². The van der Waals surface area contributed by atoms with Crippen LogP contribution in [0.4, 0.5) is 0 Å². The summed E-state index contributed by atoms with van der Waals surface area (Å²) in [6, 6.07) is 10.9. The first kappa shape index (κ1) is 14.2. The van der Waals surface area contributed by atoms with Crippen LogP contribution in [0.1, 0.15) is 6.42 Å². The molecule has 0 radical (unpaired) electrons. The molecule has 0 atom stereocenters. The van der Waals surface area contributed by atoms with E-state index in [9.17, 15) is 0 Å². The first-order chi connectivity index (χ1) is 5.95. The van der Waals surface area contributed by atoms with Crippen molar-refractivity contribution in [1.29, 1.82) is 0 Å². The average molecular weight is 392 g/mol. The van der Waals surface area contributed by atoms with Crippen LogP contribution >= 0.6 is 0 Å². The van der Waals surface area contributed by atoms with Crippen LogP contribution in [0, 0.1) is 0 Å². The second-order valence-electron chi connectivity index (χ2n) is 2.82. The van der Waals surface area contributed by atoms with Gasteiger partial charge in [-0.15, -0.1) is 0 Å². The molecule has 0 aromatic heterocycles. The molecule has 1 aromatic rings. The van der Waals surface area contributed by atoms with Crippen LogP contribution in [0.15, 0.2) is 51.9 Å². The van der Waals surface area contributed by atoms with E-state index in [1.807, 2.05) is 0 Å². The summed E-state index contributed by atoms with van der Waals surface area (Å²) in [6.07, 6.45) is 7.96. The summed E-state index contributed by atoms with van der Waals surface area (Å²) in [5.74, 6) is 0. The predicted molar refractivity (Wildman–Crippen MR) is 47.9 cm³/mol. The van der Waals surface area contributed by atoms with Gasteiger partial charge in [-0.05, 0) is 0 Å². The maximum atomic E-state index is 2.30. The summed E-state index contributed by atoms with van der Waals surface area (Å²) < 4.78 is 3.31. The minimum atomic E-state index is -0.633. The van der Waals surface area contributed by atoms with Gasteiger partial charge in [0, 0.05) is 0 Å². The number of hydrogen-bond donors (Lipinski definition) is 0. The van der Waals surface area contributed by atoms with Crippen LogP contribution in [-0.4, -0.2) is 0 Å². The molecule has 0 fully saturated rings. The third-order valence-corrected chi connectivity index (χ3v) is 6.57. The quantitative estimate of drug-likeness (QED) is 0.455. The van der Waals surface area contributed by atoms with E-state index in [4.69, 9.17) is 0 Å². The fraction of sp³-hybridized carbons (Fsp3) is 0.0909. The smallest absolute Gasteiger partial charge is 1.00 e. The Bertz CT molecular complexity index is 317. The number of allylic oxidation sites excluding steroid dienone is 4. The van der Waals surface area contributed by atoms with Gasteiger partial charge < -0.3 is 24.8 Å². The van der Waals surface area contributed by atoms with E-state index >= 15 is 0 Å². The third kappa shape index (κ3) is 4.12. The van der Waals surface area contributed by atoms with E-state index in [0.717, 1.165) is 0 Å². The zero-order valence-corrected chi connectivity index (χ0v) is 12.7. The van der Waals surface area contributed by atoms with E-state index < -0.39 is 22.9 Å². The van der Waals surface area contributed by atoms with Gasteiger partial charge in [-0.2, -0.15) is 0 Å². The molecular formula is C11H10Cl2Hf. The van der Waals surface area contributed by atoms with Crippen LogP contribution in [0.2, 0.25) is 0 Å². The summed E-state index contributed by atoms with van der Waals surface area (Å²) in [5.41, 5.74) is 0. The molecule has 0 nitrogen and oxygen atoms in total. The molecule has 0 amide bonds. The SMILES string of the molecule is C1=CC[C]([Hf+2][c]2ccccc2)=C1.[Cl-].[Cl-]. The molecule has 2 rings (SSSR count). The van der Waals surface area contributed by atoms with Crippen molar-refractivity contribution in [2.75, 3.05) is 0 Å². The van der Waals surface area contributed by atoms with Gasteiger partial charge in [-0.1, -0.05) is 0 Å². The molecule has 1 aromatic carbocycles. The summed E-state index contributed by atoms with van der Waals surface area (Å²) >= 11 is -0.633. The van der Waals surface area contributed by atoms with Crippen LogP contribution in [0.5, 0.6) is 0 Å². The molecule has 14 heavy (non-hydrogen) atoms. The van der Waals surface area contributed by atoms with Gasteiger partial charge in [0.2, 0.25) is 0 Å². The van der Waals surface area contributed by atoms with E-state index in [1.54, 1.807) is 6.65 Å². The largest absolute Gasteiger partial charge is 1.00 e. The zero-order valence-electron chi connectivity index (χ0n) is 7.58. The van der Waals surface area contributed by atoms with Crippen molar-refractivity contribution >= 4 is 3.32 Å². The molecule has 0 saturated carbocycles. The Hall–Kier alpha value is 0.150. The van der Waals surface area contributed by atoms with Crippen molar-refractivity contribution in [2.45, 2.75) is 6.42 Å². The number of halogens is 2. The molecule has 0 heterocycles. The molecule has 0 aliphatic heterocycles. The van der Waals surface area contributed by atoms with Crippen molar-refractivity contribution in [3.63, 3.8) is 0 Å². The first-order valence-corrected chi connectivity index (χ1v) is 7.72. The Morgan fingerprint density at radius 1 is 1.00 bits per heavy atom. The van der Waals surface area contributed by atoms with Gasteiger partial charge in [0.25, 0.3) is 0 Å². The van der Waals surface area contributed by atoms with Gasteiger partial charge in [0.1, 0.15) is 0 Å². The number of rotatable bonds is 2. The van der Waals surface area contributed by atoms with Gasteiger partial charge in [0.05, 0.1) is 0 Å². The van der Waals surface area contributed by atoms with E-state index in [1.165, 1.54) is 6.42 Å². The van der Waals surface area contributed by atoms with Crippen molar-refractivity contribution in [3.05, 3.63) is 51.9 Å². The fourth-order valence-electron chi connectivity index (χ4n) is 1.25. The maximum absolute atomic E-state index is 2.30. The van der Waals surface area contributed by atoms with Crippen molar-refractivity contribution < 1.29 is 47.7 Å². The maximum Gasteiger partial charge on any atom is -1.00 e. The van der Waals surface area contributed by atoms with Gasteiger partial charge in [-0.25, -0.2) is 0 Å². The molecule has 72 valence electrons. The minimum absolute atomic E-state index is 0. The zero-order chi connectivity index (χ0) is 8.23. The van der Waals surface area contributed by atoms with E-state index in [0.29, 0.717) is 0 Å². The fourth-order valence-corrected chi connectivity index (χ4v) is 5.30. The van der Waals surface area contributed by atoms with Crippen LogP contribution < -0.4 is 28.1 Å². The minimum Gasteiger partial charge on any atom is -1.00 e. The topological polar surface area (TPSA) is 0 Å². The predicted octanol–water partition coefficient (Wildman–Crippen LogP) is -3.75. The summed E-state index contributed by atoms with van der Waals surface area (Å²) in [5, 5.41) is 0. The Labute approximate surface area is 109 Å². The molecule has 0 bridgehead atoms. The van der Waals surface area contributed by atoms with Crippen LogP contribution in [0.25, 0.3) is 0 Å². The normalized spacial score (nSPS) is 12.1. The molecule has 0 N–H and O–H groups in total. The molecule has 3 heteroatoms. The Kier molecular flexibility index (Phi) is 7.52. The summed E-state index contributed by atoms with van der Waals surface area (Å²) in [7, 11) is 0. The van der Waals surface area contributed by atoms with E-state index in [2.05, 4.69) is 48.6 Å². The second kappa shape index (κ2) is 7.44. The second-order valence-corrected chi connectivity index (χ2v) is 8.09. The summed E-state index contributed by atoms with van der Waals surface area (Å²) in [6.45, 7) is 0. The standard InChI is InChI=1S/C6H5.C5H5.2ClH.Hf/c1-2-4-6-5-3-1;1-2-4-5-3-1;;;/h1-5H;1-3H,4H2;2*1H;/q;;;;+2/p-2. The Balaban J connectivity index is 0.000000845. The molecule has 0 spiro atoms.